The summed E-state index contributed by atoms with van der Waals surface area (Å²) in [6.45, 7) is 0.158. The van der Waals surface area contributed by atoms with Crippen LogP contribution in [-0.2, 0) is 16.1 Å². The number of hydrogen-bond acceptors (Lipinski definition) is 5. The van der Waals surface area contributed by atoms with Gasteiger partial charge in [0.25, 0.3) is 11.7 Å². The largest absolute Gasteiger partial charge is 0.507 e. The molecule has 0 radical (unpaired) electrons. The van der Waals surface area contributed by atoms with Gasteiger partial charge < -0.3 is 14.4 Å². The predicted octanol–water partition coefficient (Wildman–Crippen LogP) is 3.96. The van der Waals surface area contributed by atoms with Gasteiger partial charge in [0.05, 0.1) is 18.4 Å². The van der Waals surface area contributed by atoms with E-state index in [1.54, 1.807) is 36.4 Å². The maximum Gasteiger partial charge on any atom is 0.296 e. The van der Waals surface area contributed by atoms with Gasteiger partial charge in [-0.05, 0) is 23.6 Å². The van der Waals surface area contributed by atoms with Gasteiger partial charge in [0.15, 0.2) is 0 Å². The highest BCUT2D eigenvalue weighted by Gasteiger charge is 2.46. The zero-order chi connectivity index (χ0) is 18.1. The second-order valence-corrected chi connectivity index (χ2v) is 6.87. The highest BCUT2D eigenvalue weighted by molar-refractivity contribution is 7.10. The van der Waals surface area contributed by atoms with Gasteiger partial charge in [-0.15, -0.1) is 11.3 Å². The molecule has 1 aliphatic rings. The Morgan fingerprint density at radius 3 is 2.54 bits per heavy atom. The van der Waals surface area contributed by atoms with E-state index in [0.29, 0.717) is 11.3 Å². The molecule has 2 aromatic heterocycles. The molecule has 3 aromatic rings. The highest BCUT2D eigenvalue weighted by Crippen LogP contribution is 2.41. The van der Waals surface area contributed by atoms with Gasteiger partial charge in [0, 0.05) is 10.4 Å². The first-order valence-corrected chi connectivity index (χ1v) is 8.94. The van der Waals surface area contributed by atoms with Crippen LogP contribution >= 0.6 is 11.3 Å². The van der Waals surface area contributed by atoms with E-state index in [0.717, 1.165) is 4.88 Å². The summed E-state index contributed by atoms with van der Waals surface area (Å²) in [5, 5.41) is 12.7. The fraction of sp³-hybridized carbons (Fsp3) is 0.100. The van der Waals surface area contributed by atoms with Crippen LogP contribution in [0.4, 0.5) is 0 Å². The van der Waals surface area contributed by atoms with Gasteiger partial charge in [0.2, 0.25) is 0 Å². The number of nitrogens with zero attached hydrogens (tertiary/aromatic N) is 1. The van der Waals surface area contributed by atoms with Crippen molar-refractivity contribution in [1.82, 2.24) is 4.90 Å². The monoisotopic (exact) mass is 365 g/mol. The van der Waals surface area contributed by atoms with Gasteiger partial charge in [-0.25, -0.2) is 0 Å². The number of thiophene rings is 1. The molecule has 1 aromatic carbocycles. The quantitative estimate of drug-likeness (QED) is 0.432. The van der Waals surface area contributed by atoms with Gasteiger partial charge in [-0.3, -0.25) is 9.59 Å². The standard InChI is InChI=1S/C20H15NO4S/c22-18(13-6-2-1-3-7-13)16-17(15-9-5-11-26-15)21(20(24)19(16)23)12-14-8-4-10-25-14/h1-11,17,22H,12H2/b18-16+. The van der Waals surface area contributed by atoms with Crippen molar-refractivity contribution < 1.29 is 19.1 Å². The van der Waals surface area contributed by atoms with Crippen LogP contribution in [0.15, 0.2) is 76.2 Å². The summed E-state index contributed by atoms with van der Waals surface area (Å²) >= 11 is 1.43. The summed E-state index contributed by atoms with van der Waals surface area (Å²) in [6, 6.07) is 15.3. The van der Waals surface area contributed by atoms with Crippen molar-refractivity contribution >= 4 is 28.8 Å². The fourth-order valence-electron chi connectivity index (χ4n) is 3.11. The Bertz CT molecular complexity index is 959. The Labute approximate surface area is 153 Å². The molecule has 3 heterocycles. The van der Waals surface area contributed by atoms with Gasteiger partial charge in [-0.1, -0.05) is 36.4 Å². The molecule has 0 saturated carbocycles. The van der Waals surface area contributed by atoms with Crippen molar-refractivity contribution in [2.75, 3.05) is 0 Å². The van der Waals surface area contributed by atoms with Crippen LogP contribution in [-0.4, -0.2) is 21.7 Å². The van der Waals surface area contributed by atoms with Crippen LogP contribution in [0.5, 0.6) is 0 Å². The van der Waals surface area contributed by atoms with Crippen LogP contribution in [0.25, 0.3) is 5.76 Å². The van der Waals surface area contributed by atoms with E-state index < -0.39 is 17.7 Å². The van der Waals surface area contributed by atoms with Crippen molar-refractivity contribution in [3.8, 4) is 0 Å². The molecule has 1 fully saturated rings. The summed E-state index contributed by atoms with van der Waals surface area (Å²) in [6.07, 6.45) is 1.52. The summed E-state index contributed by atoms with van der Waals surface area (Å²) in [5.41, 5.74) is 0.611. The topological polar surface area (TPSA) is 70.8 Å². The number of amides is 1. The summed E-state index contributed by atoms with van der Waals surface area (Å²) in [7, 11) is 0. The molecule has 1 unspecified atom stereocenters. The first kappa shape index (κ1) is 16.4. The van der Waals surface area contributed by atoms with E-state index in [-0.39, 0.29) is 17.9 Å². The first-order valence-electron chi connectivity index (χ1n) is 8.06. The zero-order valence-electron chi connectivity index (χ0n) is 13.7. The molecule has 26 heavy (non-hydrogen) atoms. The highest BCUT2D eigenvalue weighted by atomic mass is 32.1. The number of aliphatic hydroxyl groups excluding tert-OH is 1. The molecule has 0 spiro atoms. The number of aliphatic hydroxyl groups is 1. The molecule has 0 bridgehead atoms. The molecule has 1 N–H and O–H groups in total. The third kappa shape index (κ3) is 2.74. The van der Waals surface area contributed by atoms with E-state index in [2.05, 4.69) is 0 Å². The molecule has 0 aliphatic carbocycles. The molecule has 6 heteroatoms. The third-order valence-electron chi connectivity index (χ3n) is 4.31. The predicted molar refractivity (Wildman–Crippen MR) is 97.3 cm³/mol. The van der Waals surface area contributed by atoms with Crippen molar-refractivity contribution in [2.45, 2.75) is 12.6 Å². The smallest absolute Gasteiger partial charge is 0.296 e. The maximum atomic E-state index is 12.7. The Kier molecular flexibility index (Phi) is 4.18. The van der Waals surface area contributed by atoms with Crippen molar-refractivity contribution in [3.63, 3.8) is 0 Å². The Hall–Kier alpha value is -3.12. The van der Waals surface area contributed by atoms with Crippen LogP contribution in [0.3, 0.4) is 0 Å². The van der Waals surface area contributed by atoms with Crippen LogP contribution in [0.1, 0.15) is 22.2 Å². The molecule has 4 rings (SSSR count). The van der Waals surface area contributed by atoms with Crippen molar-refractivity contribution in [2.24, 2.45) is 0 Å². The normalized spacial score (nSPS) is 19.2. The van der Waals surface area contributed by atoms with Crippen LogP contribution < -0.4 is 0 Å². The summed E-state index contributed by atoms with van der Waals surface area (Å²) in [4.78, 5) is 27.7. The van der Waals surface area contributed by atoms with E-state index in [1.165, 1.54) is 22.5 Å². The second-order valence-electron chi connectivity index (χ2n) is 5.89. The Morgan fingerprint density at radius 2 is 1.88 bits per heavy atom. The van der Waals surface area contributed by atoms with E-state index in [4.69, 9.17) is 4.42 Å². The van der Waals surface area contributed by atoms with Crippen LogP contribution in [0.2, 0.25) is 0 Å². The Balaban J connectivity index is 1.84. The average Bonchev–Trinajstić information content (AvgIpc) is 3.41. The van der Waals surface area contributed by atoms with Gasteiger partial charge >= 0.3 is 0 Å². The maximum absolute atomic E-state index is 12.7. The first-order chi connectivity index (χ1) is 12.7. The average molecular weight is 365 g/mol. The minimum absolute atomic E-state index is 0.107. The lowest BCUT2D eigenvalue weighted by molar-refractivity contribution is -0.140. The molecule has 130 valence electrons. The number of hydrogen-bond donors (Lipinski definition) is 1. The van der Waals surface area contributed by atoms with Gasteiger partial charge in [-0.2, -0.15) is 0 Å². The fourth-order valence-corrected chi connectivity index (χ4v) is 3.95. The second kappa shape index (κ2) is 6.65. The van der Waals surface area contributed by atoms with E-state index in [9.17, 15) is 14.7 Å². The third-order valence-corrected chi connectivity index (χ3v) is 5.23. The Morgan fingerprint density at radius 1 is 1.08 bits per heavy atom. The molecule has 1 saturated heterocycles. The summed E-state index contributed by atoms with van der Waals surface area (Å²) in [5.74, 6) is -0.911. The lowest BCUT2D eigenvalue weighted by Crippen LogP contribution is -2.28. The number of ketones is 1. The van der Waals surface area contributed by atoms with Gasteiger partial charge in [0.1, 0.15) is 17.6 Å². The molecule has 1 atom stereocenters. The lowest BCUT2D eigenvalue weighted by atomic mass is 10.00. The SMILES string of the molecule is O=C1C(=O)N(Cc2ccco2)C(c2cccs2)/C1=C(\O)c1ccccc1. The number of Topliss-reactive ketones (excluding diaryl/α,β-unsaturated/α-hetero) is 1. The molecule has 5 nitrogen and oxygen atoms in total. The number of likely N-dealkylation sites (tertiary alicyclic amines) is 1. The van der Waals surface area contributed by atoms with E-state index >= 15 is 0 Å². The van der Waals surface area contributed by atoms with E-state index in [1.807, 2.05) is 23.6 Å². The summed E-state index contributed by atoms with van der Waals surface area (Å²) < 4.78 is 5.34. The minimum atomic E-state index is -0.684. The molecular weight excluding hydrogens is 350 g/mol. The lowest BCUT2D eigenvalue weighted by Gasteiger charge is -2.23. The zero-order valence-corrected chi connectivity index (χ0v) is 14.5. The van der Waals surface area contributed by atoms with Crippen molar-refractivity contribution in [1.29, 1.82) is 0 Å². The molecule has 1 amide bonds. The molecule has 1 aliphatic heterocycles. The number of rotatable bonds is 4. The number of benzene rings is 1. The minimum Gasteiger partial charge on any atom is -0.507 e. The van der Waals surface area contributed by atoms with Crippen molar-refractivity contribution in [3.05, 3.63) is 88.0 Å². The number of carbonyl (C=O) groups is 2. The van der Waals surface area contributed by atoms with Crippen LogP contribution in [0, 0.1) is 0 Å². The molecular formula is C20H15NO4S. The number of furan rings is 1. The number of carbonyl (C=O) groups excluding carboxylic acids is 2.